The van der Waals surface area contributed by atoms with Crippen LogP contribution in [0.1, 0.15) is 53.9 Å². The van der Waals surface area contributed by atoms with Crippen molar-refractivity contribution in [1.29, 1.82) is 0 Å². The average molecular weight is 406 g/mol. The van der Waals surface area contributed by atoms with Gasteiger partial charge in [0.2, 0.25) is 0 Å². The van der Waals surface area contributed by atoms with Gasteiger partial charge < -0.3 is 9.67 Å². The smallest absolute Gasteiger partial charge is 0.417 e. The van der Waals surface area contributed by atoms with E-state index in [1.807, 2.05) is 20.8 Å². The lowest BCUT2D eigenvalue weighted by Gasteiger charge is -2.23. The molecule has 2 heterocycles. The van der Waals surface area contributed by atoms with Crippen LogP contribution in [0.3, 0.4) is 0 Å². The Balaban J connectivity index is 2.22. The van der Waals surface area contributed by atoms with Gasteiger partial charge in [0.25, 0.3) is 0 Å². The van der Waals surface area contributed by atoms with Crippen LogP contribution in [0.5, 0.6) is 0 Å². The molecule has 0 bridgehead atoms. The fourth-order valence-electron chi connectivity index (χ4n) is 3.38. The first-order valence-corrected chi connectivity index (χ1v) is 8.90. The minimum absolute atomic E-state index is 0.0114. The first-order chi connectivity index (χ1) is 13.4. The number of aromatic nitrogens is 4. The van der Waals surface area contributed by atoms with Gasteiger partial charge in [-0.2, -0.15) is 18.3 Å². The fraction of sp³-hybridized carbons (Fsp3) is 0.350. The second-order valence-corrected chi connectivity index (χ2v) is 7.84. The molecule has 0 aliphatic heterocycles. The number of aromatic amines is 1. The molecule has 0 fully saturated rings. The molecule has 0 unspecified atom stereocenters. The van der Waals surface area contributed by atoms with Crippen LogP contribution in [-0.4, -0.2) is 30.8 Å². The number of benzene rings is 1. The average Bonchev–Trinajstić information content (AvgIpc) is 3.22. The van der Waals surface area contributed by atoms with Crippen molar-refractivity contribution in [1.82, 2.24) is 19.7 Å². The Bertz CT molecular complexity index is 1050. The predicted octanol–water partition coefficient (Wildman–Crippen LogP) is 4.64. The molecule has 6 nitrogen and oxygen atoms in total. The second-order valence-electron chi connectivity index (χ2n) is 7.84. The normalized spacial score (nSPS) is 12.4. The summed E-state index contributed by atoms with van der Waals surface area (Å²) in [6.45, 7) is 6.91. The quantitative estimate of drug-likeness (QED) is 0.661. The van der Waals surface area contributed by atoms with Crippen molar-refractivity contribution >= 4 is 5.97 Å². The zero-order valence-corrected chi connectivity index (χ0v) is 16.4. The van der Waals surface area contributed by atoms with E-state index in [4.69, 9.17) is 0 Å². The molecule has 0 atom stereocenters. The van der Waals surface area contributed by atoms with Crippen LogP contribution in [-0.2, 0) is 18.1 Å². The topological polar surface area (TPSA) is 83.8 Å². The second kappa shape index (κ2) is 7.06. The van der Waals surface area contributed by atoms with Gasteiger partial charge in [0.05, 0.1) is 11.8 Å². The van der Waals surface area contributed by atoms with Gasteiger partial charge in [0.1, 0.15) is 5.82 Å². The molecule has 3 aromatic rings. The van der Waals surface area contributed by atoms with E-state index < -0.39 is 23.1 Å². The maximum Gasteiger partial charge on any atom is 0.417 e. The summed E-state index contributed by atoms with van der Waals surface area (Å²) in [5.41, 5.74) is -0.816. The number of nitrogens with one attached hydrogen (secondary N) is 1. The van der Waals surface area contributed by atoms with Crippen molar-refractivity contribution in [3.05, 3.63) is 58.9 Å². The Morgan fingerprint density at radius 3 is 2.45 bits per heavy atom. The molecule has 9 heteroatoms. The van der Waals surface area contributed by atoms with Crippen molar-refractivity contribution < 1.29 is 23.1 Å². The number of nitrogens with zero attached hydrogens (tertiary/aromatic N) is 3. The summed E-state index contributed by atoms with van der Waals surface area (Å²) < 4.78 is 43.6. The monoisotopic (exact) mass is 406 g/mol. The van der Waals surface area contributed by atoms with E-state index in [2.05, 4.69) is 15.2 Å². The molecule has 2 N–H and O–H groups in total. The number of hydrogen-bond acceptors (Lipinski definition) is 3. The number of alkyl halides is 3. The van der Waals surface area contributed by atoms with Gasteiger partial charge in [0.15, 0.2) is 5.69 Å². The van der Waals surface area contributed by atoms with E-state index in [9.17, 15) is 23.1 Å². The lowest BCUT2D eigenvalue weighted by atomic mass is 9.94. The third-order valence-corrected chi connectivity index (χ3v) is 4.67. The summed E-state index contributed by atoms with van der Waals surface area (Å²) in [6.07, 6.45) is -1.87. The molecule has 0 saturated heterocycles. The minimum atomic E-state index is -4.60. The van der Waals surface area contributed by atoms with Crippen LogP contribution in [0.15, 0.2) is 30.6 Å². The Morgan fingerprint density at radius 1 is 1.24 bits per heavy atom. The van der Waals surface area contributed by atoms with E-state index in [1.54, 1.807) is 17.6 Å². The number of rotatable bonds is 4. The Hall–Kier alpha value is -3.10. The number of imidazole rings is 1. The van der Waals surface area contributed by atoms with E-state index in [1.165, 1.54) is 24.5 Å². The van der Waals surface area contributed by atoms with Gasteiger partial charge in [-0.3, -0.25) is 5.10 Å². The number of H-pyrrole nitrogens is 1. The Kier molecular flexibility index (Phi) is 5.02. The van der Waals surface area contributed by atoms with Gasteiger partial charge in [0, 0.05) is 29.4 Å². The number of carbonyl (C=O) groups is 1. The number of aromatic carboxylic acids is 1. The summed E-state index contributed by atoms with van der Waals surface area (Å²) in [6, 6.07) is 4.35. The highest BCUT2D eigenvalue weighted by atomic mass is 19.4. The zero-order chi connectivity index (χ0) is 21.6. The van der Waals surface area contributed by atoms with Crippen LogP contribution in [0.4, 0.5) is 13.2 Å². The maximum atomic E-state index is 14.0. The number of carboxylic acids is 1. The van der Waals surface area contributed by atoms with Crippen molar-refractivity contribution in [3.8, 4) is 11.1 Å². The highest BCUT2D eigenvalue weighted by Crippen LogP contribution is 2.40. The summed E-state index contributed by atoms with van der Waals surface area (Å²) in [5.74, 6) is -0.802. The predicted molar refractivity (Wildman–Crippen MR) is 101 cm³/mol. The number of carboxylic acid groups (broad SMARTS) is 1. The molecule has 3 rings (SSSR count). The fourth-order valence-corrected chi connectivity index (χ4v) is 3.38. The van der Waals surface area contributed by atoms with Crippen LogP contribution in [0.2, 0.25) is 0 Å². The Morgan fingerprint density at radius 2 is 1.93 bits per heavy atom. The molecule has 29 heavy (non-hydrogen) atoms. The van der Waals surface area contributed by atoms with Gasteiger partial charge in [-0.15, -0.1) is 0 Å². The highest BCUT2D eigenvalue weighted by Gasteiger charge is 2.37. The van der Waals surface area contributed by atoms with Gasteiger partial charge in [-0.25, -0.2) is 9.78 Å². The lowest BCUT2D eigenvalue weighted by molar-refractivity contribution is -0.137. The molecule has 154 valence electrons. The molecule has 0 aliphatic carbocycles. The van der Waals surface area contributed by atoms with Crippen molar-refractivity contribution in [3.63, 3.8) is 0 Å². The number of halogens is 3. The van der Waals surface area contributed by atoms with E-state index in [0.29, 0.717) is 17.1 Å². The largest absolute Gasteiger partial charge is 0.476 e. The molecule has 0 saturated carbocycles. The van der Waals surface area contributed by atoms with Gasteiger partial charge in [-0.1, -0.05) is 39.0 Å². The summed E-state index contributed by atoms with van der Waals surface area (Å²) in [4.78, 5) is 15.7. The first-order valence-electron chi connectivity index (χ1n) is 8.90. The van der Waals surface area contributed by atoms with Gasteiger partial charge in [-0.05, 0) is 18.1 Å². The standard InChI is InChI=1S/C20H21F3N4O2/c1-11-16(17(28)29)26-18(19(2,3)4)27(11)10-12-6-5-7-14(13-8-24-25-9-13)15(12)20(21,22)23/h5-9H,10H2,1-4H3,(H,24,25)(H,28,29). The van der Waals surface area contributed by atoms with Crippen molar-refractivity contribution in [2.45, 2.75) is 45.8 Å². The Labute approximate surface area is 165 Å². The molecule has 1 aromatic carbocycles. The number of hydrogen-bond donors (Lipinski definition) is 2. The third-order valence-electron chi connectivity index (χ3n) is 4.67. The molecule has 2 aromatic heterocycles. The van der Waals surface area contributed by atoms with Crippen LogP contribution >= 0.6 is 0 Å². The summed E-state index contributed by atoms with van der Waals surface area (Å²) >= 11 is 0. The minimum Gasteiger partial charge on any atom is -0.476 e. The van der Waals surface area contributed by atoms with Crippen LogP contribution in [0, 0.1) is 6.92 Å². The van der Waals surface area contributed by atoms with E-state index in [0.717, 1.165) is 0 Å². The molecular formula is C20H21F3N4O2. The molecule has 0 radical (unpaired) electrons. The zero-order valence-electron chi connectivity index (χ0n) is 16.4. The van der Waals surface area contributed by atoms with E-state index in [-0.39, 0.29) is 23.4 Å². The van der Waals surface area contributed by atoms with Gasteiger partial charge >= 0.3 is 12.1 Å². The summed E-state index contributed by atoms with van der Waals surface area (Å²) in [5, 5.41) is 15.7. The first kappa shape index (κ1) is 20.6. The third kappa shape index (κ3) is 3.90. The molecule has 0 spiro atoms. The SMILES string of the molecule is Cc1c(C(=O)O)nc(C(C)(C)C)n1Cc1cccc(-c2cn[nH]c2)c1C(F)(F)F. The van der Waals surface area contributed by atoms with Crippen molar-refractivity contribution in [2.24, 2.45) is 0 Å². The molecular weight excluding hydrogens is 385 g/mol. The molecule has 0 amide bonds. The molecule has 0 aliphatic rings. The highest BCUT2D eigenvalue weighted by molar-refractivity contribution is 5.86. The maximum absolute atomic E-state index is 14.0. The van der Waals surface area contributed by atoms with Crippen LogP contribution < -0.4 is 0 Å². The summed E-state index contributed by atoms with van der Waals surface area (Å²) in [7, 11) is 0. The lowest BCUT2D eigenvalue weighted by Crippen LogP contribution is -2.21. The van der Waals surface area contributed by atoms with Crippen molar-refractivity contribution in [2.75, 3.05) is 0 Å². The van der Waals surface area contributed by atoms with Crippen LogP contribution in [0.25, 0.3) is 11.1 Å². The van der Waals surface area contributed by atoms with E-state index >= 15 is 0 Å².